The predicted molar refractivity (Wildman–Crippen MR) is 116 cm³/mol. The molecule has 7 heteroatoms. The molecule has 0 saturated carbocycles. The van der Waals surface area contributed by atoms with E-state index in [2.05, 4.69) is 23.8 Å². The van der Waals surface area contributed by atoms with Crippen molar-refractivity contribution in [3.8, 4) is 11.6 Å². The van der Waals surface area contributed by atoms with Crippen molar-refractivity contribution in [3.63, 3.8) is 0 Å². The topological polar surface area (TPSA) is 87.4 Å². The van der Waals surface area contributed by atoms with Gasteiger partial charge in [-0.05, 0) is 54.3 Å². The molecule has 0 fully saturated rings. The van der Waals surface area contributed by atoms with Crippen LogP contribution in [0.5, 0.6) is 5.88 Å². The third-order valence-corrected chi connectivity index (χ3v) is 4.87. The molecular formula is C22H22ClN3O3. The highest BCUT2D eigenvalue weighted by atomic mass is 35.5. The first-order valence-electron chi connectivity index (χ1n) is 9.34. The minimum absolute atomic E-state index is 0.0324. The van der Waals surface area contributed by atoms with Gasteiger partial charge in [0.2, 0.25) is 5.88 Å². The Morgan fingerprint density at radius 1 is 1.10 bits per heavy atom. The molecule has 0 radical (unpaired) electrons. The van der Waals surface area contributed by atoms with Gasteiger partial charge in [0.25, 0.3) is 5.56 Å². The zero-order valence-electron chi connectivity index (χ0n) is 16.4. The first kappa shape index (κ1) is 20.6. The van der Waals surface area contributed by atoms with Crippen LogP contribution in [0.3, 0.4) is 0 Å². The number of halogens is 1. The summed E-state index contributed by atoms with van der Waals surface area (Å²) in [6.07, 6.45) is 0.390. The number of H-pyrrole nitrogens is 1. The maximum absolute atomic E-state index is 12.5. The van der Waals surface area contributed by atoms with Crippen molar-refractivity contribution in [2.45, 2.75) is 33.1 Å². The molecule has 29 heavy (non-hydrogen) atoms. The standard InChI is InChI=1S/C22H22ClN3O3/c1-4-18(24-16-9-5-14(6-10-16)13(2)3)19-20(27)25-22(29)26(21(19)28)17-11-7-15(23)8-12-17/h5-13,28H,4H2,1-3H3,(H,25,27,29). The number of aliphatic imine (C=N–C) groups is 1. The molecule has 3 aromatic rings. The molecule has 3 rings (SSSR count). The van der Waals surface area contributed by atoms with Crippen molar-refractivity contribution >= 4 is 23.0 Å². The fourth-order valence-electron chi connectivity index (χ4n) is 3.02. The van der Waals surface area contributed by atoms with Crippen LogP contribution in [0, 0.1) is 0 Å². The fourth-order valence-corrected chi connectivity index (χ4v) is 3.14. The molecule has 0 aliphatic carbocycles. The average Bonchev–Trinajstić information content (AvgIpc) is 2.68. The third-order valence-electron chi connectivity index (χ3n) is 4.62. The molecular weight excluding hydrogens is 390 g/mol. The van der Waals surface area contributed by atoms with Crippen molar-refractivity contribution in [3.05, 3.63) is 85.5 Å². The van der Waals surface area contributed by atoms with Crippen LogP contribution in [0.25, 0.3) is 5.69 Å². The van der Waals surface area contributed by atoms with E-state index in [4.69, 9.17) is 11.6 Å². The lowest BCUT2D eigenvalue weighted by Crippen LogP contribution is -2.33. The van der Waals surface area contributed by atoms with Crippen LogP contribution in [0.2, 0.25) is 5.02 Å². The van der Waals surface area contributed by atoms with E-state index in [1.807, 2.05) is 31.2 Å². The van der Waals surface area contributed by atoms with Crippen LogP contribution in [0.1, 0.15) is 44.2 Å². The molecule has 0 bridgehead atoms. The van der Waals surface area contributed by atoms with Gasteiger partial charge in [-0.1, -0.05) is 44.5 Å². The number of aromatic amines is 1. The monoisotopic (exact) mass is 411 g/mol. The van der Waals surface area contributed by atoms with E-state index in [0.717, 1.165) is 4.57 Å². The van der Waals surface area contributed by atoms with Crippen molar-refractivity contribution in [1.82, 2.24) is 9.55 Å². The number of benzene rings is 2. The highest BCUT2D eigenvalue weighted by Gasteiger charge is 2.19. The van der Waals surface area contributed by atoms with Crippen LogP contribution >= 0.6 is 11.6 Å². The van der Waals surface area contributed by atoms with Gasteiger partial charge < -0.3 is 5.11 Å². The second-order valence-corrected chi connectivity index (χ2v) is 7.36. The summed E-state index contributed by atoms with van der Waals surface area (Å²) in [5.74, 6) is -0.0611. The highest BCUT2D eigenvalue weighted by molar-refractivity contribution is 6.30. The lowest BCUT2D eigenvalue weighted by molar-refractivity contribution is 0.429. The maximum Gasteiger partial charge on any atom is 0.335 e. The Morgan fingerprint density at radius 2 is 1.72 bits per heavy atom. The normalized spacial score (nSPS) is 11.8. The van der Waals surface area contributed by atoms with Gasteiger partial charge in [-0.25, -0.2) is 9.36 Å². The molecule has 2 aromatic carbocycles. The number of aromatic hydroxyl groups is 1. The summed E-state index contributed by atoms with van der Waals surface area (Å²) in [6, 6.07) is 14.1. The van der Waals surface area contributed by atoms with Gasteiger partial charge >= 0.3 is 5.69 Å². The Hall–Kier alpha value is -3.12. The minimum Gasteiger partial charge on any atom is -0.493 e. The SMILES string of the molecule is CCC(=Nc1ccc(C(C)C)cc1)c1c(O)n(-c2ccc(Cl)cc2)c(=O)[nH]c1=O. The maximum atomic E-state index is 12.5. The number of nitrogens with zero attached hydrogens (tertiary/aromatic N) is 2. The van der Waals surface area contributed by atoms with E-state index >= 15 is 0 Å². The van der Waals surface area contributed by atoms with Gasteiger partial charge in [0.1, 0.15) is 5.56 Å². The van der Waals surface area contributed by atoms with Gasteiger partial charge in [0.15, 0.2) is 0 Å². The Labute approximate surface area is 173 Å². The number of nitrogens with one attached hydrogen (secondary N) is 1. The third kappa shape index (κ3) is 4.32. The molecule has 1 aromatic heterocycles. The van der Waals surface area contributed by atoms with E-state index in [9.17, 15) is 14.7 Å². The summed E-state index contributed by atoms with van der Waals surface area (Å²) < 4.78 is 1.03. The van der Waals surface area contributed by atoms with Crippen molar-refractivity contribution in [2.24, 2.45) is 4.99 Å². The summed E-state index contributed by atoms with van der Waals surface area (Å²) >= 11 is 5.90. The van der Waals surface area contributed by atoms with E-state index in [-0.39, 0.29) is 5.56 Å². The summed E-state index contributed by atoms with van der Waals surface area (Å²) in [5, 5.41) is 11.3. The van der Waals surface area contributed by atoms with Crippen LogP contribution in [-0.2, 0) is 0 Å². The molecule has 150 valence electrons. The Morgan fingerprint density at radius 3 is 2.28 bits per heavy atom. The van der Waals surface area contributed by atoms with Crippen LogP contribution in [0.4, 0.5) is 5.69 Å². The van der Waals surface area contributed by atoms with Crippen LogP contribution in [-0.4, -0.2) is 20.4 Å². The van der Waals surface area contributed by atoms with Gasteiger partial charge in [-0.15, -0.1) is 0 Å². The van der Waals surface area contributed by atoms with E-state index in [1.54, 1.807) is 24.3 Å². The fraction of sp³-hybridized carbons (Fsp3) is 0.227. The minimum atomic E-state index is -0.740. The lowest BCUT2D eigenvalue weighted by Gasteiger charge is -2.13. The molecule has 0 saturated heterocycles. The Kier molecular flexibility index (Phi) is 6.03. The molecule has 0 aliphatic rings. The number of hydrogen-bond donors (Lipinski definition) is 2. The van der Waals surface area contributed by atoms with Crippen molar-refractivity contribution < 1.29 is 5.11 Å². The second kappa shape index (κ2) is 8.49. The summed E-state index contributed by atoms with van der Waals surface area (Å²) in [4.78, 5) is 31.7. The largest absolute Gasteiger partial charge is 0.493 e. The van der Waals surface area contributed by atoms with E-state index in [1.165, 1.54) is 5.56 Å². The molecule has 0 aliphatic heterocycles. The smallest absolute Gasteiger partial charge is 0.335 e. The van der Waals surface area contributed by atoms with Crippen LogP contribution in [0.15, 0.2) is 63.1 Å². The Balaban J connectivity index is 2.15. The highest BCUT2D eigenvalue weighted by Crippen LogP contribution is 2.23. The predicted octanol–water partition coefficient (Wildman–Crippen LogP) is 4.54. The first-order chi connectivity index (χ1) is 13.8. The van der Waals surface area contributed by atoms with Gasteiger partial charge in [-0.3, -0.25) is 14.8 Å². The molecule has 0 amide bonds. The quantitative estimate of drug-likeness (QED) is 0.604. The summed E-state index contributed by atoms with van der Waals surface area (Å²) in [5.41, 5.74) is 1.14. The van der Waals surface area contributed by atoms with Crippen molar-refractivity contribution in [2.75, 3.05) is 0 Å². The molecule has 1 heterocycles. The number of hydrogen-bond acceptors (Lipinski definition) is 4. The number of aromatic nitrogens is 2. The van der Waals surface area contributed by atoms with Crippen molar-refractivity contribution in [1.29, 1.82) is 0 Å². The molecule has 0 spiro atoms. The molecule has 0 unspecified atom stereocenters. The molecule has 0 atom stereocenters. The van der Waals surface area contributed by atoms with Crippen LogP contribution < -0.4 is 11.2 Å². The molecule has 2 N–H and O–H groups in total. The summed E-state index contributed by atoms with van der Waals surface area (Å²) in [6.45, 7) is 6.04. The number of rotatable bonds is 5. The zero-order valence-corrected chi connectivity index (χ0v) is 17.2. The van der Waals surface area contributed by atoms with Gasteiger partial charge in [-0.2, -0.15) is 0 Å². The average molecular weight is 412 g/mol. The first-order valence-corrected chi connectivity index (χ1v) is 9.71. The second-order valence-electron chi connectivity index (χ2n) is 6.93. The molecule has 6 nitrogen and oxygen atoms in total. The zero-order chi connectivity index (χ0) is 21.1. The van der Waals surface area contributed by atoms with E-state index in [0.29, 0.717) is 34.4 Å². The van der Waals surface area contributed by atoms with Gasteiger partial charge in [0, 0.05) is 5.02 Å². The van der Waals surface area contributed by atoms with Gasteiger partial charge in [0.05, 0.1) is 17.1 Å². The lowest BCUT2D eigenvalue weighted by atomic mass is 10.0. The van der Waals surface area contributed by atoms with E-state index < -0.39 is 17.1 Å². The summed E-state index contributed by atoms with van der Waals surface area (Å²) in [7, 11) is 0. The Bertz CT molecular complexity index is 1160.